The Morgan fingerprint density at radius 1 is 0.341 bits per heavy atom. The fourth-order valence-corrected chi connectivity index (χ4v) is 4.77. The highest BCUT2D eigenvalue weighted by molar-refractivity contribution is 6.25. The number of hydrogen-bond donors (Lipinski definition) is 0. The van der Waals surface area contributed by atoms with Crippen LogP contribution in [0, 0.1) is 0 Å². The lowest BCUT2D eigenvalue weighted by Gasteiger charge is -2.18. The van der Waals surface area contributed by atoms with Gasteiger partial charge in [-0.15, -0.1) is 0 Å². The third-order valence-electron chi connectivity index (χ3n) is 6.36. The lowest BCUT2D eigenvalue weighted by molar-refractivity contribution is 0.633. The number of para-hydroxylation sites is 1. The summed E-state index contributed by atoms with van der Waals surface area (Å²) in [5, 5.41) is -3.72. The van der Waals surface area contributed by atoms with Gasteiger partial charge in [-0.05, 0) is 38.2 Å². The zero-order chi connectivity index (χ0) is 49.8. The summed E-state index contributed by atoms with van der Waals surface area (Å²) in [6, 6.07) is -25.2. The topological polar surface area (TPSA) is 13.1 Å². The van der Waals surface area contributed by atoms with E-state index in [1.807, 2.05) is 0 Å². The van der Waals surface area contributed by atoms with Crippen LogP contribution in [0.3, 0.4) is 0 Å². The van der Waals surface area contributed by atoms with E-state index >= 15 is 0 Å². The lowest BCUT2D eigenvalue weighted by Crippen LogP contribution is -1.91. The van der Waals surface area contributed by atoms with Crippen LogP contribution in [-0.2, 0) is 0 Å². The van der Waals surface area contributed by atoms with Crippen LogP contribution < -0.4 is 0 Å². The SMILES string of the molecule is [2H]c1c([2H])c([2H])c(-c2oc3c(-c4c([2H])c([2H])c([2H])c([2H])c4[2H])c([2H])c([2H])c([2H])c3c2-c2c3c([2H])c([2H])c([2H])c([2H])c3c(-c3c([2H])c([2H])c([2H])c([2H])c3[2H])c3c([2H])c([2H])c([2H])c([2H])c23)c([2H])c1[2H]. The zero-order valence-corrected chi connectivity index (χ0v) is 20.4. The second kappa shape index (κ2) is 9.66. The molecule has 0 fully saturated rings. The first-order chi connectivity index (χ1) is 31.2. The molecular weight excluding hydrogens is 496 g/mol. The standard InChI is InChI=1S/C40H26O/c1-4-15-27(16-5-1)30-25-14-26-35-38(39(41-40(30)35)29-19-8-3-9-20-29)37-33-23-12-10-21-31(33)36(28-17-6-2-7-18-28)32-22-11-13-24-34(32)37/h1-26H/i1D,2D,3D,4D,5D,6D,7D,8D,9D,10D,11D,12D,13D,14D,15D,16D,17D,18D,19D,20D,21D,22D,23D,24D,25D,26D. The van der Waals surface area contributed by atoms with Crippen LogP contribution in [0.2, 0.25) is 0 Å². The van der Waals surface area contributed by atoms with E-state index in [0.29, 0.717) is 0 Å². The van der Waals surface area contributed by atoms with Gasteiger partial charge in [-0.2, -0.15) is 0 Å². The van der Waals surface area contributed by atoms with E-state index in [-0.39, 0.29) is 0 Å². The van der Waals surface area contributed by atoms with Gasteiger partial charge in [0.05, 0.1) is 35.6 Å². The second-order valence-corrected chi connectivity index (χ2v) is 8.51. The molecule has 0 atom stereocenters. The van der Waals surface area contributed by atoms with Gasteiger partial charge >= 0.3 is 0 Å². The molecule has 0 unspecified atom stereocenters. The molecule has 192 valence electrons. The molecule has 0 aliphatic heterocycles. The van der Waals surface area contributed by atoms with Gasteiger partial charge in [0.1, 0.15) is 11.3 Å². The maximum atomic E-state index is 9.45. The largest absolute Gasteiger partial charge is 0.455 e. The molecule has 0 saturated heterocycles. The molecule has 8 aromatic rings. The van der Waals surface area contributed by atoms with Crippen molar-refractivity contribution in [2.75, 3.05) is 0 Å². The van der Waals surface area contributed by atoms with E-state index in [4.69, 9.17) is 33.2 Å². The molecule has 1 heteroatoms. The highest BCUT2D eigenvalue weighted by atomic mass is 16.3. The number of benzene rings is 7. The first kappa shape index (κ1) is 9.06. The summed E-state index contributed by atoms with van der Waals surface area (Å²) in [5.74, 6) is -0.905. The minimum atomic E-state index is -1.03. The molecule has 0 aliphatic rings. The van der Waals surface area contributed by atoms with Crippen molar-refractivity contribution in [1.29, 1.82) is 0 Å². The van der Waals surface area contributed by atoms with Crippen LogP contribution in [0.1, 0.15) is 35.6 Å². The van der Waals surface area contributed by atoms with Crippen molar-refractivity contribution in [3.8, 4) is 44.7 Å². The molecular formula is C40H26O. The fraction of sp³-hybridized carbons (Fsp3) is 0. The third kappa shape index (κ3) is 3.78. The average Bonchev–Trinajstić information content (AvgIpc) is 3.68. The van der Waals surface area contributed by atoms with Gasteiger partial charge < -0.3 is 4.42 Å². The number of hydrogen-bond acceptors (Lipinski definition) is 1. The van der Waals surface area contributed by atoms with Crippen LogP contribution in [0.5, 0.6) is 0 Å². The molecule has 1 nitrogen and oxygen atoms in total. The highest BCUT2D eigenvalue weighted by Gasteiger charge is 2.25. The molecule has 0 bridgehead atoms. The van der Waals surface area contributed by atoms with Crippen molar-refractivity contribution in [1.82, 2.24) is 0 Å². The Balaban J connectivity index is 1.84. The maximum Gasteiger partial charge on any atom is 0.143 e. The van der Waals surface area contributed by atoms with Crippen molar-refractivity contribution in [2.24, 2.45) is 0 Å². The molecule has 1 heterocycles. The smallest absolute Gasteiger partial charge is 0.143 e. The molecule has 0 radical (unpaired) electrons. The summed E-state index contributed by atoms with van der Waals surface area (Å²) >= 11 is 0. The Morgan fingerprint density at radius 3 is 1.34 bits per heavy atom. The van der Waals surface area contributed by atoms with Crippen LogP contribution in [-0.4, -0.2) is 0 Å². The third-order valence-corrected chi connectivity index (χ3v) is 6.36. The predicted octanol–water partition coefficient (Wildman–Crippen LogP) is 11.4. The molecule has 7 aromatic carbocycles. The molecule has 0 spiro atoms. The summed E-state index contributed by atoms with van der Waals surface area (Å²) in [6.07, 6.45) is 0. The Kier molecular flexibility index (Phi) is 2.13. The van der Waals surface area contributed by atoms with Crippen molar-refractivity contribution in [3.05, 3.63) is 157 Å². The van der Waals surface area contributed by atoms with Crippen molar-refractivity contribution >= 4 is 32.5 Å². The summed E-state index contributed by atoms with van der Waals surface area (Å²) < 4.78 is 236. The lowest BCUT2D eigenvalue weighted by atomic mass is 9.84. The van der Waals surface area contributed by atoms with Gasteiger partial charge in [0.2, 0.25) is 0 Å². The van der Waals surface area contributed by atoms with E-state index < -0.39 is 234 Å². The first-order valence-corrected chi connectivity index (χ1v) is 11.9. The molecule has 0 N–H and O–H groups in total. The summed E-state index contributed by atoms with van der Waals surface area (Å²) in [4.78, 5) is 0. The molecule has 8 rings (SSSR count). The predicted molar refractivity (Wildman–Crippen MR) is 173 cm³/mol. The molecule has 41 heavy (non-hydrogen) atoms. The molecule has 0 aliphatic carbocycles. The van der Waals surface area contributed by atoms with Gasteiger partial charge in [0, 0.05) is 27.6 Å². The fourth-order valence-electron chi connectivity index (χ4n) is 4.77. The van der Waals surface area contributed by atoms with Gasteiger partial charge in [0.15, 0.2) is 0 Å². The van der Waals surface area contributed by atoms with Gasteiger partial charge in [-0.1, -0.05) is 157 Å². The number of fused-ring (bicyclic) bond motifs is 3. The average molecular weight is 549 g/mol. The van der Waals surface area contributed by atoms with Gasteiger partial charge in [0.25, 0.3) is 0 Å². The minimum Gasteiger partial charge on any atom is -0.455 e. The van der Waals surface area contributed by atoms with Crippen LogP contribution in [0.4, 0.5) is 0 Å². The second-order valence-electron chi connectivity index (χ2n) is 8.51. The monoisotopic (exact) mass is 548 g/mol. The van der Waals surface area contributed by atoms with Crippen LogP contribution in [0.15, 0.2) is 162 Å². The van der Waals surface area contributed by atoms with Crippen molar-refractivity contribution in [3.63, 3.8) is 0 Å². The number of rotatable bonds is 4. The Labute approximate surface area is 275 Å². The molecule has 0 saturated carbocycles. The summed E-state index contributed by atoms with van der Waals surface area (Å²) in [6.45, 7) is 0. The Bertz CT molecular complexity index is 3480. The molecule has 0 amide bonds. The van der Waals surface area contributed by atoms with E-state index in [1.165, 1.54) is 0 Å². The number of furan rings is 1. The quantitative estimate of drug-likeness (QED) is 0.199. The van der Waals surface area contributed by atoms with Gasteiger partial charge in [-0.3, -0.25) is 0 Å². The van der Waals surface area contributed by atoms with Crippen LogP contribution >= 0.6 is 0 Å². The Hall–Kier alpha value is -5.40. The van der Waals surface area contributed by atoms with E-state index in [2.05, 4.69) is 0 Å². The first-order valence-electron chi connectivity index (χ1n) is 24.9. The summed E-state index contributed by atoms with van der Waals surface area (Å²) in [7, 11) is 0. The molecule has 1 aromatic heterocycles. The Morgan fingerprint density at radius 2 is 0.780 bits per heavy atom. The van der Waals surface area contributed by atoms with E-state index in [9.17, 15) is 6.85 Å². The van der Waals surface area contributed by atoms with Crippen molar-refractivity contribution in [2.45, 2.75) is 0 Å². The zero-order valence-electron chi connectivity index (χ0n) is 46.4. The highest BCUT2D eigenvalue weighted by Crippen LogP contribution is 2.50. The van der Waals surface area contributed by atoms with Crippen LogP contribution in [0.25, 0.3) is 77.2 Å². The minimum absolute atomic E-state index is 0.706. The normalized spacial score (nSPS) is 20.3. The van der Waals surface area contributed by atoms with Gasteiger partial charge in [-0.25, -0.2) is 0 Å². The maximum absolute atomic E-state index is 9.45. The van der Waals surface area contributed by atoms with E-state index in [1.54, 1.807) is 0 Å². The van der Waals surface area contributed by atoms with E-state index in [0.717, 1.165) is 0 Å². The van der Waals surface area contributed by atoms with Crippen molar-refractivity contribution < 1.29 is 40.1 Å². The summed E-state index contributed by atoms with van der Waals surface area (Å²) in [5.41, 5.74) is -6.18.